The summed E-state index contributed by atoms with van der Waals surface area (Å²) < 4.78 is 0. The van der Waals surface area contributed by atoms with E-state index in [0.29, 0.717) is 0 Å². The lowest BCUT2D eigenvalue weighted by molar-refractivity contribution is -0.140. The molecule has 1 heterocycles. The van der Waals surface area contributed by atoms with E-state index in [1.54, 1.807) is 0 Å². The fraction of sp³-hybridized carbons (Fsp3) is 0.222. The minimum absolute atomic E-state index is 0.00979. The van der Waals surface area contributed by atoms with Crippen LogP contribution in [-0.4, -0.2) is 38.9 Å². The van der Waals surface area contributed by atoms with Crippen molar-refractivity contribution in [2.24, 2.45) is 5.73 Å². The largest absolute Gasteiger partial charge is 0.480 e. The van der Waals surface area contributed by atoms with Gasteiger partial charge in [0.1, 0.15) is 16.9 Å². The van der Waals surface area contributed by atoms with E-state index in [-0.39, 0.29) is 10.8 Å². The van der Waals surface area contributed by atoms with E-state index in [1.165, 1.54) is 6.20 Å². The van der Waals surface area contributed by atoms with E-state index in [0.717, 1.165) is 6.20 Å². The average molecular weight is 273 g/mol. The van der Waals surface area contributed by atoms with Crippen LogP contribution in [0.4, 0.5) is 0 Å². The Bertz CT molecular complexity index is 493. The predicted molar refractivity (Wildman–Crippen MR) is 59.7 cm³/mol. The third-order valence-corrected chi connectivity index (χ3v) is 2.03. The van der Waals surface area contributed by atoms with Crippen molar-refractivity contribution in [2.75, 3.05) is 0 Å². The number of carboxylic acid groups (broad SMARTS) is 1. The number of carbonyl (C=O) groups is 3. The highest BCUT2D eigenvalue weighted by molar-refractivity contribution is 6.29. The van der Waals surface area contributed by atoms with Gasteiger partial charge in [-0.25, -0.2) is 9.78 Å². The molecular weight excluding hydrogens is 264 g/mol. The summed E-state index contributed by atoms with van der Waals surface area (Å²) in [4.78, 5) is 40.3. The highest BCUT2D eigenvalue weighted by atomic mass is 35.5. The van der Waals surface area contributed by atoms with Crippen LogP contribution < -0.4 is 11.1 Å². The third kappa shape index (κ3) is 3.98. The lowest BCUT2D eigenvalue weighted by Crippen LogP contribution is -2.43. The third-order valence-electron chi connectivity index (χ3n) is 1.85. The fourth-order valence-corrected chi connectivity index (χ4v) is 1.23. The lowest BCUT2D eigenvalue weighted by atomic mass is 10.2. The van der Waals surface area contributed by atoms with Crippen LogP contribution in [0.1, 0.15) is 16.9 Å². The summed E-state index contributed by atoms with van der Waals surface area (Å²) in [5, 5.41) is 10.9. The van der Waals surface area contributed by atoms with Gasteiger partial charge in [0.15, 0.2) is 0 Å². The molecule has 0 saturated carbocycles. The number of hydrogen-bond acceptors (Lipinski definition) is 5. The Morgan fingerprint density at radius 1 is 1.44 bits per heavy atom. The van der Waals surface area contributed by atoms with E-state index < -0.39 is 30.2 Å². The fourth-order valence-electron chi connectivity index (χ4n) is 1.09. The van der Waals surface area contributed by atoms with Gasteiger partial charge in [-0.05, 0) is 0 Å². The maximum Gasteiger partial charge on any atom is 0.326 e. The van der Waals surface area contributed by atoms with Gasteiger partial charge in [0.2, 0.25) is 5.91 Å². The Balaban J connectivity index is 2.78. The summed E-state index contributed by atoms with van der Waals surface area (Å²) in [6, 6.07) is -1.42. The Morgan fingerprint density at radius 3 is 2.61 bits per heavy atom. The molecule has 0 aromatic carbocycles. The van der Waals surface area contributed by atoms with E-state index in [2.05, 4.69) is 15.3 Å². The molecule has 0 fully saturated rings. The van der Waals surface area contributed by atoms with Gasteiger partial charge in [0.05, 0.1) is 18.8 Å². The van der Waals surface area contributed by atoms with E-state index in [4.69, 9.17) is 22.4 Å². The maximum absolute atomic E-state index is 11.6. The molecule has 9 heteroatoms. The van der Waals surface area contributed by atoms with Crippen molar-refractivity contribution in [1.29, 1.82) is 0 Å². The number of aromatic nitrogens is 2. The van der Waals surface area contributed by atoms with Gasteiger partial charge in [0, 0.05) is 0 Å². The predicted octanol–water partition coefficient (Wildman–Crippen LogP) is -0.812. The zero-order valence-electron chi connectivity index (χ0n) is 8.96. The molecule has 4 N–H and O–H groups in total. The van der Waals surface area contributed by atoms with Crippen LogP contribution in [0, 0.1) is 0 Å². The molecule has 1 atom stereocenters. The van der Waals surface area contributed by atoms with Crippen molar-refractivity contribution in [3.63, 3.8) is 0 Å². The number of carboxylic acids is 1. The molecule has 1 aromatic heterocycles. The molecule has 0 bridgehead atoms. The zero-order chi connectivity index (χ0) is 13.7. The minimum Gasteiger partial charge on any atom is -0.480 e. The Labute approximate surface area is 106 Å². The van der Waals surface area contributed by atoms with Crippen LogP contribution in [0.15, 0.2) is 12.4 Å². The number of aliphatic carboxylic acids is 1. The Hall–Kier alpha value is -2.22. The van der Waals surface area contributed by atoms with Gasteiger partial charge in [0.25, 0.3) is 5.91 Å². The first-order valence-electron chi connectivity index (χ1n) is 4.69. The molecule has 0 unspecified atom stereocenters. The van der Waals surface area contributed by atoms with Crippen molar-refractivity contribution in [1.82, 2.24) is 15.3 Å². The second-order valence-corrected chi connectivity index (χ2v) is 3.65. The monoisotopic (exact) mass is 272 g/mol. The number of halogens is 1. The van der Waals surface area contributed by atoms with Crippen LogP contribution in [0.5, 0.6) is 0 Å². The standard InChI is InChI=1S/C9H9ClN4O4/c10-6-3-12-2-5(13-6)8(16)14-4(9(17)18)1-7(11)15/h2-4H,1H2,(H2,11,15)(H,14,16)(H,17,18)/t4-/m1/s1. The van der Waals surface area contributed by atoms with Gasteiger partial charge in [-0.2, -0.15) is 0 Å². The summed E-state index contributed by atoms with van der Waals surface area (Å²) in [5.41, 5.74) is 4.71. The van der Waals surface area contributed by atoms with Crippen molar-refractivity contribution in [2.45, 2.75) is 12.5 Å². The number of nitrogens with one attached hydrogen (secondary N) is 1. The Kier molecular flexibility index (Phi) is 4.55. The summed E-state index contributed by atoms with van der Waals surface area (Å²) in [7, 11) is 0. The number of hydrogen-bond donors (Lipinski definition) is 3. The van der Waals surface area contributed by atoms with Gasteiger partial charge in [-0.1, -0.05) is 11.6 Å². The summed E-state index contributed by atoms with van der Waals surface area (Å²) in [5.74, 6) is -3.03. The summed E-state index contributed by atoms with van der Waals surface area (Å²) >= 11 is 5.53. The smallest absolute Gasteiger partial charge is 0.326 e. The zero-order valence-corrected chi connectivity index (χ0v) is 9.72. The molecule has 0 aliphatic carbocycles. The molecule has 18 heavy (non-hydrogen) atoms. The molecule has 0 aliphatic heterocycles. The van der Waals surface area contributed by atoms with Crippen LogP contribution in [0.2, 0.25) is 5.15 Å². The topological polar surface area (TPSA) is 135 Å². The number of nitrogens with zero attached hydrogens (tertiary/aromatic N) is 2. The molecule has 0 radical (unpaired) electrons. The van der Waals surface area contributed by atoms with Crippen molar-refractivity contribution >= 4 is 29.4 Å². The number of primary amides is 1. The molecule has 8 nitrogen and oxygen atoms in total. The molecule has 0 aliphatic rings. The van der Waals surface area contributed by atoms with Crippen LogP contribution in [0.3, 0.4) is 0 Å². The van der Waals surface area contributed by atoms with Crippen LogP contribution in [0.25, 0.3) is 0 Å². The van der Waals surface area contributed by atoms with Gasteiger partial charge < -0.3 is 16.2 Å². The van der Waals surface area contributed by atoms with E-state index >= 15 is 0 Å². The quantitative estimate of drug-likeness (QED) is 0.641. The number of amides is 2. The van der Waals surface area contributed by atoms with Gasteiger partial charge in [-0.15, -0.1) is 0 Å². The van der Waals surface area contributed by atoms with Gasteiger partial charge >= 0.3 is 5.97 Å². The molecular formula is C9H9ClN4O4. The van der Waals surface area contributed by atoms with Crippen LogP contribution in [-0.2, 0) is 9.59 Å². The highest BCUT2D eigenvalue weighted by Gasteiger charge is 2.23. The second kappa shape index (κ2) is 5.92. The molecule has 0 spiro atoms. The first kappa shape index (κ1) is 13.8. The number of nitrogens with two attached hydrogens (primary N) is 1. The maximum atomic E-state index is 11.6. The highest BCUT2D eigenvalue weighted by Crippen LogP contribution is 2.03. The number of carbonyl (C=O) groups excluding carboxylic acids is 2. The number of rotatable bonds is 5. The normalized spacial score (nSPS) is 11.6. The molecule has 96 valence electrons. The molecule has 1 aromatic rings. The van der Waals surface area contributed by atoms with Crippen molar-refractivity contribution < 1.29 is 19.5 Å². The average Bonchev–Trinajstić information content (AvgIpc) is 2.27. The molecule has 2 amide bonds. The summed E-state index contributed by atoms with van der Waals surface area (Å²) in [6.45, 7) is 0. The van der Waals surface area contributed by atoms with E-state index in [9.17, 15) is 14.4 Å². The Morgan fingerprint density at radius 2 is 2.11 bits per heavy atom. The molecule has 1 rings (SSSR count). The van der Waals surface area contributed by atoms with Crippen LogP contribution >= 0.6 is 11.6 Å². The summed E-state index contributed by atoms with van der Waals surface area (Å²) in [6.07, 6.45) is 1.82. The van der Waals surface area contributed by atoms with E-state index in [1.807, 2.05) is 0 Å². The molecule has 0 saturated heterocycles. The minimum atomic E-state index is -1.42. The second-order valence-electron chi connectivity index (χ2n) is 3.26. The first-order valence-corrected chi connectivity index (χ1v) is 5.07. The van der Waals surface area contributed by atoms with Crippen molar-refractivity contribution in [3.05, 3.63) is 23.2 Å². The van der Waals surface area contributed by atoms with Gasteiger partial charge in [-0.3, -0.25) is 14.6 Å². The lowest BCUT2D eigenvalue weighted by Gasteiger charge is -2.12. The van der Waals surface area contributed by atoms with Crippen molar-refractivity contribution in [3.8, 4) is 0 Å². The first-order chi connectivity index (χ1) is 8.40. The SMILES string of the molecule is NC(=O)C[C@@H](NC(=O)c1cncc(Cl)n1)C(=O)O.